The third-order valence-corrected chi connectivity index (χ3v) is 7.84. The molecule has 0 saturated heterocycles. The molecule has 0 radical (unpaired) electrons. The van der Waals surface area contributed by atoms with E-state index in [9.17, 15) is 22.0 Å². The van der Waals surface area contributed by atoms with E-state index in [4.69, 9.17) is 0 Å². The molecule has 2 fully saturated rings. The van der Waals surface area contributed by atoms with Crippen molar-refractivity contribution in [1.82, 2.24) is 0 Å². The quantitative estimate of drug-likeness (QED) is 0.187. The first-order valence-corrected chi connectivity index (χ1v) is 12.6. The highest BCUT2D eigenvalue weighted by molar-refractivity contribution is 5.31. The second kappa shape index (κ2) is 12.2. The zero-order valence-corrected chi connectivity index (χ0v) is 19.4. The highest BCUT2D eigenvalue weighted by Gasteiger charge is 2.34. The molecule has 33 heavy (non-hydrogen) atoms. The molecule has 1 nitrogen and oxygen atoms in total. The molecule has 1 aromatic rings. The van der Waals surface area contributed by atoms with Crippen LogP contribution >= 0.6 is 0 Å². The molecule has 0 bridgehead atoms. The first kappa shape index (κ1) is 26.0. The highest BCUT2D eigenvalue weighted by Crippen LogP contribution is 2.43. The Morgan fingerprint density at radius 2 is 1.33 bits per heavy atom. The van der Waals surface area contributed by atoms with E-state index >= 15 is 0 Å². The predicted molar refractivity (Wildman–Crippen MR) is 121 cm³/mol. The maximum absolute atomic E-state index is 13.9. The summed E-state index contributed by atoms with van der Waals surface area (Å²) < 4.78 is 68.2. The third-order valence-electron chi connectivity index (χ3n) is 7.84. The summed E-state index contributed by atoms with van der Waals surface area (Å²) in [7, 11) is 0. The summed E-state index contributed by atoms with van der Waals surface area (Å²) in [6, 6.07) is 1.93. The number of allylic oxidation sites excluding steroid dienone is 1. The summed E-state index contributed by atoms with van der Waals surface area (Å²) in [4.78, 5) is 0. The Morgan fingerprint density at radius 1 is 0.818 bits per heavy atom. The molecule has 186 valence electrons. The van der Waals surface area contributed by atoms with Gasteiger partial charge in [0.25, 0.3) is 0 Å². The van der Waals surface area contributed by atoms with Crippen LogP contribution in [0.4, 0.5) is 22.0 Å². The third kappa shape index (κ3) is 8.29. The zero-order chi connectivity index (χ0) is 23.8. The first-order valence-electron chi connectivity index (χ1n) is 12.6. The molecule has 0 atom stereocenters. The van der Waals surface area contributed by atoms with E-state index in [2.05, 4.69) is 11.3 Å². The smallest absolute Gasteiger partial charge is 0.399 e. The summed E-state index contributed by atoms with van der Waals surface area (Å²) in [6.07, 6.45) is 13.4. The number of hydrogen-bond donors (Lipinski definition) is 0. The number of rotatable bonds is 10. The minimum Gasteiger partial charge on any atom is -0.399 e. The number of hydrogen-bond acceptors (Lipinski definition) is 1. The summed E-state index contributed by atoms with van der Waals surface area (Å²) in [6.45, 7) is 3.79. The van der Waals surface area contributed by atoms with E-state index < -0.39 is 23.7 Å². The molecule has 0 amide bonds. The summed E-state index contributed by atoms with van der Waals surface area (Å²) in [5, 5.41) is 0. The molecule has 0 unspecified atom stereocenters. The van der Waals surface area contributed by atoms with Crippen molar-refractivity contribution in [3.8, 4) is 5.75 Å². The van der Waals surface area contributed by atoms with E-state index in [1.807, 2.05) is 6.08 Å². The maximum atomic E-state index is 13.9. The Kier molecular flexibility index (Phi) is 9.63. The lowest BCUT2D eigenvalue weighted by Crippen LogP contribution is -2.26. The number of aryl methyl sites for hydroxylation is 1. The van der Waals surface area contributed by atoms with Crippen molar-refractivity contribution in [2.24, 2.45) is 23.7 Å². The molecule has 0 heterocycles. The summed E-state index contributed by atoms with van der Waals surface area (Å²) in [5.41, 5.74) is 0.382. The number of ether oxygens (including phenoxy) is 1. The van der Waals surface area contributed by atoms with Crippen molar-refractivity contribution in [2.75, 3.05) is 0 Å². The molecular weight excluding hydrogens is 435 g/mol. The second-order valence-corrected chi connectivity index (χ2v) is 10.1. The van der Waals surface area contributed by atoms with Gasteiger partial charge in [0.05, 0.1) is 0 Å². The molecule has 2 saturated carbocycles. The molecule has 0 N–H and O–H groups in total. The molecule has 6 heteroatoms. The van der Waals surface area contributed by atoms with Gasteiger partial charge in [0.2, 0.25) is 5.75 Å². The monoisotopic (exact) mass is 472 g/mol. The van der Waals surface area contributed by atoms with Gasteiger partial charge in [-0.3, -0.25) is 0 Å². The van der Waals surface area contributed by atoms with Crippen LogP contribution in [0.2, 0.25) is 0 Å². The molecule has 2 aliphatic rings. The lowest BCUT2D eigenvalue weighted by molar-refractivity contribution is -0.276. The van der Waals surface area contributed by atoms with Crippen molar-refractivity contribution < 1.29 is 26.7 Å². The van der Waals surface area contributed by atoms with E-state index in [0.29, 0.717) is 17.9 Å². The highest BCUT2D eigenvalue weighted by atomic mass is 19.4. The Labute approximate surface area is 194 Å². The van der Waals surface area contributed by atoms with E-state index in [-0.39, 0.29) is 0 Å². The van der Waals surface area contributed by atoms with Crippen molar-refractivity contribution in [3.05, 3.63) is 42.0 Å². The van der Waals surface area contributed by atoms with Crippen molar-refractivity contribution in [1.29, 1.82) is 0 Å². The van der Waals surface area contributed by atoms with E-state index in [0.717, 1.165) is 55.6 Å². The van der Waals surface area contributed by atoms with Crippen LogP contribution in [0.15, 0.2) is 24.8 Å². The lowest BCUT2D eigenvalue weighted by Gasteiger charge is -2.38. The Morgan fingerprint density at radius 3 is 1.82 bits per heavy atom. The van der Waals surface area contributed by atoms with Gasteiger partial charge in [-0.15, -0.1) is 19.8 Å². The fourth-order valence-corrected chi connectivity index (χ4v) is 5.96. The number of benzene rings is 1. The SMILES string of the molecule is C=CCCCC[C@H]1CC[C@H]([C@H]2CC[C@H](CCc3cc(F)c(OC(F)(F)F)c(F)c3)CC2)CC1. The molecular formula is C27H37F5O. The minimum atomic E-state index is -5.12. The van der Waals surface area contributed by atoms with Crippen LogP contribution < -0.4 is 4.74 Å². The van der Waals surface area contributed by atoms with Crippen LogP contribution in [0.3, 0.4) is 0 Å². The Hall–Kier alpha value is -1.59. The molecule has 2 aliphatic carbocycles. The van der Waals surface area contributed by atoms with Gasteiger partial charge >= 0.3 is 6.36 Å². The van der Waals surface area contributed by atoms with Crippen molar-refractivity contribution >= 4 is 0 Å². The van der Waals surface area contributed by atoms with Gasteiger partial charge in [-0.25, -0.2) is 8.78 Å². The van der Waals surface area contributed by atoms with Crippen LogP contribution in [0, 0.1) is 35.3 Å². The fourth-order valence-electron chi connectivity index (χ4n) is 5.96. The van der Waals surface area contributed by atoms with Crippen LogP contribution in [0.5, 0.6) is 5.75 Å². The molecule has 3 rings (SSSR count). The Balaban J connectivity index is 1.38. The Bertz CT molecular complexity index is 720. The minimum absolute atomic E-state index is 0.382. The zero-order valence-electron chi connectivity index (χ0n) is 19.4. The largest absolute Gasteiger partial charge is 0.573 e. The van der Waals surface area contributed by atoms with Gasteiger partial charge in [0.15, 0.2) is 11.6 Å². The average Bonchev–Trinajstić information content (AvgIpc) is 2.78. The van der Waals surface area contributed by atoms with Crippen LogP contribution in [-0.4, -0.2) is 6.36 Å². The number of halogens is 5. The molecule has 1 aromatic carbocycles. The van der Waals surface area contributed by atoms with Crippen molar-refractivity contribution in [3.63, 3.8) is 0 Å². The standard InChI is InChI=1S/C27H37F5O/c1-2-3-4-5-6-19-9-13-22(14-10-19)23-15-11-20(12-16-23)7-8-21-17-24(28)26(25(29)18-21)33-27(30,31)32/h2,17-20,22-23H,1,3-16H2/t19-,20-,22-,23-. The number of alkyl halides is 3. The van der Waals surface area contributed by atoms with Gasteiger partial charge in [-0.2, -0.15) is 0 Å². The van der Waals surface area contributed by atoms with Crippen LogP contribution in [0.1, 0.15) is 89.0 Å². The second-order valence-electron chi connectivity index (χ2n) is 10.1. The normalized spacial score (nSPS) is 26.2. The molecule has 0 aromatic heterocycles. The predicted octanol–water partition coefficient (Wildman–Crippen LogP) is 9.16. The first-order chi connectivity index (χ1) is 15.7. The summed E-state index contributed by atoms with van der Waals surface area (Å²) >= 11 is 0. The lowest BCUT2D eigenvalue weighted by atomic mass is 9.68. The van der Waals surface area contributed by atoms with Gasteiger partial charge in [-0.1, -0.05) is 44.6 Å². The maximum Gasteiger partial charge on any atom is 0.573 e. The van der Waals surface area contributed by atoms with Gasteiger partial charge in [0, 0.05) is 0 Å². The molecule has 0 aliphatic heterocycles. The fraction of sp³-hybridized carbons (Fsp3) is 0.704. The molecule has 0 spiro atoms. The van der Waals surface area contributed by atoms with E-state index in [1.165, 1.54) is 57.8 Å². The topological polar surface area (TPSA) is 9.23 Å². The average molecular weight is 473 g/mol. The van der Waals surface area contributed by atoms with Crippen LogP contribution in [0.25, 0.3) is 0 Å². The van der Waals surface area contributed by atoms with Gasteiger partial charge < -0.3 is 4.74 Å². The summed E-state index contributed by atoms with van der Waals surface area (Å²) in [5.74, 6) is -0.921. The van der Waals surface area contributed by atoms with Gasteiger partial charge in [-0.05, 0) is 92.7 Å². The number of unbranched alkanes of at least 4 members (excludes halogenated alkanes) is 2. The van der Waals surface area contributed by atoms with Crippen LogP contribution in [-0.2, 0) is 6.42 Å². The van der Waals surface area contributed by atoms with Gasteiger partial charge in [0.1, 0.15) is 0 Å². The van der Waals surface area contributed by atoms with E-state index in [1.54, 1.807) is 0 Å². The van der Waals surface area contributed by atoms with Crippen molar-refractivity contribution in [2.45, 2.75) is 96.3 Å².